The second-order valence-corrected chi connectivity index (χ2v) is 5.05. The summed E-state index contributed by atoms with van der Waals surface area (Å²) < 4.78 is 0. The SMILES string of the molecule is O=C(CCC1NC(=O)NC1=O)Nc1ccc(Cl)c(Cl)c1. The quantitative estimate of drug-likeness (QED) is 0.742. The molecule has 0 aromatic heterocycles. The molecule has 0 radical (unpaired) electrons. The van der Waals surface area contributed by atoms with Gasteiger partial charge in [0, 0.05) is 12.1 Å². The van der Waals surface area contributed by atoms with E-state index in [0.717, 1.165) is 0 Å². The first-order valence-corrected chi connectivity index (χ1v) is 6.57. The summed E-state index contributed by atoms with van der Waals surface area (Å²) in [4.78, 5) is 33.9. The Kier molecular flexibility index (Phi) is 4.46. The third-order valence-corrected chi connectivity index (χ3v) is 3.46. The van der Waals surface area contributed by atoms with Crippen molar-refractivity contribution in [1.29, 1.82) is 0 Å². The Morgan fingerprint density at radius 2 is 2.00 bits per heavy atom. The lowest BCUT2D eigenvalue weighted by atomic mass is 10.1. The summed E-state index contributed by atoms with van der Waals surface area (Å²) in [7, 11) is 0. The average molecular weight is 316 g/mol. The highest BCUT2D eigenvalue weighted by atomic mass is 35.5. The lowest BCUT2D eigenvalue weighted by molar-refractivity contribution is -0.120. The van der Waals surface area contributed by atoms with Gasteiger partial charge in [0.05, 0.1) is 10.0 Å². The molecule has 0 spiro atoms. The molecule has 8 heteroatoms. The molecule has 1 aromatic carbocycles. The molecule has 2 rings (SSSR count). The lowest BCUT2D eigenvalue weighted by Crippen LogP contribution is -2.30. The van der Waals surface area contributed by atoms with Crippen molar-refractivity contribution in [3.63, 3.8) is 0 Å². The number of halogens is 2. The molecule has 1 saturated heterocycles. The molecule has 0 aliphatic carbocycles. The van der Waals surface area contributed by atoms with Crippen LogP contribution in [0.4, 0.5) is 10.5 Å². The summed E-state index contributed by atoms with van der Waals surface area (Å²) in [5.74, 6) is -0.699. The van der Waals surface area contributed by atoms with E-state index in [2.05, 4.69) is 16.0 Å². The Labute approximate surface area is 124 Å². The van der Waals surface area contributed by atoms with Crippen molar-refractivity contribution in [2.75, 3.05) is 5.32 Å². The minimum Gasteiger partial charge on any atom is -0.326 e. The van der Waals surface area contributed by atoms with E-state index in [1.54, 1.807) is 12.1 Å². The van der Waals surface area contributed by atoms with Crippen LogP contribution in [0.15, 0.2) is 18.2 Å². The highest BCUT2D eigenvalue weighted by molar-refractivity contribution is 6.42. The van der Waals surface area contributed by atoms with Gasteiger partial charge in [0.15, 0.2) is 0 Å². The molecule has 106 valence electrons. The summed E-state index contributed by atoms with van der Waals surface area (Å²) in [6.45, 7) is 0. The maximum atomic E-state index is 11.7. The monoisotopic (exact) mass is 315 g/mol. The molecule has 1 fully saturated rings. The van der Waals surface area contributed by atoms with Gasteiger partial charge in [0.1, 0.15) is 6.04 Å². The predicted molar refractivity (Wildman–Crippen MR) is 74.8 cm³/mol. The van der Waals surface area contributed by atoms with Crippen LogP contribution in [0.2, 0.25) is 10.0 Å². The first-order chi connectivity index (χ1) is 9.45. The van der Waals surface area contributed by atoms with Gasteiger partial charge in [-0.15, -0.1) is 0 Å². The maximum Gasteiger partial charge on any atom is 0.322 e. The largest absolute Gasteiger partial charge is 0.326 e. The molecule has 0 bridgehead atoms. The van der Waals surface area contributed by atoms with Gasteiger partial charge in [-0.25, -0.2) is 4.79 Å². The topological polar surface area (TPSA) is 87.3 Å². The second kappa shape index (κ2) is 6.11. The standard InChI is InChI=1S/C12H11Cl2N3O3/c13-7-2-1-6(5-8(7)14)15-10(18)4-3-9-11(19)17-12(20)16-9/h1-2,5,9H,3-4H2,(H,15,18)(H2,16,17,19,20). The lowest BCUT2D eigenvalue weighted by Gasteiger charge is -2.08. The van der Waals surface area contributed by atoms with Crippen molar-refractivity contribution < 1.29 is 14.4 Å². The zero-order valence-corrected chi connectivity index (χ0v) is 11.7. The molecule has 0 saturated carbocycles. The van der Waals surface area contributed by atoms with Crippen LogP contribution in [-0.2, 0) is 9.59 Å². The number of imide groups is 1. The Hall–Kier alpha value is -1.79. The molecule has 1 unspecified atom stereocenters. The van der Waals surface area contributed by atoms with Crippen LogP contribution in [0.5, 0.6) is 0 Å². The summed E-state index contributed by atoms with van der Waals surface area (Å²) >= 11 is 11.6. The highest BCUT2D eigenvalue weighted by Gasteiger charge is 2.29. The van der Waals surface area contributed by atoms with E-state index in [4.69, 9.17) is 23.2 Å². The number of hydrogen-bond acceptors (Lipinski definition) is 3. The van der Waals surface area contributed by atoms with Crippen molar-refractivity contribution in [3.05, 3.63) is 28.2 Å². The van der Waals surface area contributed by atoms with Gasteiger partial charge >= 0.3 is 6.03 Å². The maximum absolute atomic E-state index is 11.7. The van der Waals surface area contributed by atoms with Gasteiger partial charge in [-0.2, -0.15) is 0 Å². The molecule has 1 heterocycles. The van der Waals surface area contributed by atoms with Crippen LogP contribution in [-0.4, -0.2) is 23.9 Å². The highest BCUT2D eigenvalue weighted by Crippen LogP contribution is 2.25. The van der Waals surface area contributed by atoms with Crippen molar-refractivity contribution in [3.8, 4) is 0 Å². The smallest absolute Gasteiger partial charge is 0.322 e. The van der Waals surface area contributed by atoms with E-state index < -0.39 is 18.0 Å². The number of anilines is 1. The normalized spacial score (nSPS) is 17.6. The number of nitrogens with one attached hydrogen (secondary N) is 3. The van der Waals surface area contributed by atoms with Crippen LogP contribution in [0, 0.1) is 0 Å². The number of benzene rings is 1. The molecular weight excluding hydrogens is 305 g/mol. The Balaban J connectivity index is 1.85. The van der Waals surface area contributed by atoms with E-state index >= 15 is 0 Å². The molecule has 1 atom stereocenters. The van der Waals surface area contributed by atoms with Crippen LogP contribution in [0.1, 0.15) is 12.8 Å². The molecule has 3 N–H and O–H groups in total. The van der Waals surface area contributed by atoms with E-state index in [9.17, 15) is 14.4 Å². The number of hydrogen-bond donors (Lipinski definition) is 3. The Bertz CT molecular complexity index is 577. The summed E-state index contributed by atoms with van der Waals surface area (Å²) in [5.41, 5.74) is 0.518. The fourth-order valence-corrected chi connectivity index (χ4v) is 2.03. The van der Waals surface area contributed by atoms with Gasteiger partial charge in [-0.05, 0) is 24.6 Å². The molecule has 1 aromatic rings. The summed E-state index contributed by atoms with van der Waals surface area (Å²) in [6, 6.07) is 3.53. The number of amides is 4. The summed E-state index contributed by atoms with van der Waals surface area (Å²) in [6.07, 6.45) is 0.323. The predicted octanol–water partition coefficient (Wildman–Crippen LogP) is 1.92. The van der Waals surface area contributed by atoms with Gasteiger partial charge in [0.2, 0.25) is 5.91 Å². The van der Waals surface area contributed by atoms with Crippen LogP contribution in [0.25, 0.3) is 0 Å². The minimum absolute atomic E-state index is 0.0958. The molecule has 6 nitrogen and oxygen atoms in total. The first-order valence-electron chi connectivity index (χ1n) is 5.82. The fourth-order valence-electron chi connectivity index (χ4n) is 1.73. The molecule has 4 amide bonds. The van der Waals surface area contributed by atoms with E-state index in [0.29, 0.717) is 15.7 Å². The van der Waals surface area contributed by atoms with Crippen LogP contribution < -0.4 is 16.0 Å². The zero-order valence-electron chi connectivity index (χ0n) is 10.2. The van der Waals surface area contributed by atoms with Crippen molar-refractivity contribution in [1.82, 2.24) is 10.6 Å². The van der Waals surface area contributed by atoms with E-state index in [1.807, 2.05) is 0 Å². The van der Waals surface area contributed by atoms with Gasteiger partial charge < -0.3 is 10.6 Å². The molecule has 20 heavy (non-hydrogen) atoms. The molecular formula is C12H11Cl2N3O3. The Morgan fingerprint density at radius 3 is 2.60 bits per heavy atom. The molecule has 1 aliphatic rings. The van der Waals surface area contributed by atoms with Gasteiger partial charge in [0.25, 0.3) is 5.91 Å². The molecule has 1 aliphatic heterocycles. The first kappa shape index (κ1) is 14.6. The number of carbonyl (C=O) groups excluding carboxylic acids is 3. The van der Waals surface area contributed by atoms with Crippen molar-refractivity contribution >= 4 is 46.7 Å². The number of carbonyl (C=O) groups is 3. The fraction of sp³-hybridized carbons (Fsp3) is 0.250. The Morgan fingerprint density at radius 1 is 1.25 bits per heavy atom. The second-order valence-electron chi connectivity index (χ2n) is 4.23. The average Bonchev–Trinajstić information content (AvgIpc) is 2.70. The zero-order chi connectivity index (χ0) is 14.7. The van der Waals surface area contributed by atoms with Crippen LogP contribution >= 0.6 is 23.2 Å². The third kappa shape index (κ3) is 3.61. The van der Waals surface area contributed by atoms with Crippen LogP contribution in [0.3, 0.4) is 0 Å². The van der Waals surface area contributed by atoms with Gasteiger partial charge in [-0.1, -0.05) is 23.2 Å². The van der Waals surface area contributed by atoms with E-state index in [1.165, 1.54) is 6.07 Å². The minimum atomic E-state index is -0.665. The van der Waals surface area contributed by atoms with Crippen molar-refractivity contribution in [2.24, 2.45) is 0 Å². The number of rotatable bonds is 4. The van der Waals surface area contributed by atoms with Crippen molar-refractivity contribution in [2.45, 2.75) is 18.9 Å². The van der Waals surface area contributed by atoms with E-state index in [-0.39, 0.29) is 18.7 Å². The summed E-state index contributed by atoms with van der Waals surface area (Å²) in [5, 5.41) is 7.89. The number of urea groups is 1. The van der Waals surface area contributed by atoms with Gasteiger partial charge in [-0.3, -0.25) is 14.9 Å². The third-order valence-electron chi connectivity index (χ3n) is 2.72.